The van der Waals surface area contributed by atoms with Gasteiger partial charge < -0.3 is 4.74 Å². The maximum Gasteiger partial charge on any atom is 0.122 e. The normalized spacial score (nSPS) is 10.3. The van der Waals surface area contributed by atoms with Crippen LogP contribution in [0.25, 0.3) is 0 Å². The maximum absolute atomic E-state index is 5.82. The summed E-state index contributed by atoms with van der Waals surface area (Å²) in [5.74, 6) is 0.950. The molecule has 2 aromatic rings. The summed E-state index contributed by atoms with van der Waals surface area (Å²) in [7, 11) is 0. The van der Waals surface area contributed by atoms with Crippen molar-refractivity contribution in [1.29, 1.82) is 0 Å². The first-order valence-corrected chi connectivity index (χ1v) is 5.76. The molecule has 0 fully saturated rings. The molecule has 0 spiro atoms. The van der Waals surface area contributed by atoms with Gasteiger partial charge in [0.2, 0.25) is 0 Å². The monoisotopic (exact) mass is 227 g/mol. The minimum Gasteiger partial charge on any atom is -0.489 e. The number of benzene rings is 1. The lowest BCUT2D eigenvalue weighted by Gasteiger charge is -2.10. The van der Waals surface area contributed by atoms with Crippen LogP contribution in [-0.2, 0) is 6.61 Å². The summed E-state index contributed by atoms with van der Waals surface area (Å²) >= 11 is 0. The molecule has 0 unspecified atom stereocenters. The lowest BCUT2D eigenvalue weighted by Crippen LogP contribution is -1.98. The van der Waals surface area contributed by atoms with Gasteiger partial charge in [0, 0.05) is 18.0 Å². The molecule has 0 N–H and O–H groups in total. The molecule has 0 saturated heterocycles. The lowest BCUT2D eigenvalue weighted by molar-refractivity contribution is 0.303. The summed E-state index contributed by atoms with van der Waals surface area (Å²) < 4.78 is 5.82. The smallest absolute Gasteiger partial charge is 0.122 e. The Morgan fingerprint density at radius 2 is 1.82 bits per heavy atom. The van der Waals surface area contributed by atoms with Crippen molar-refractivity contribution in [2.45, 2.75) is 27.4 Å². The summed E-state index contributed by atoms with van der Waals surface area (Å²) in [6.45, 7) is 6.73. The molecule has 0 amide bonds. The second-order valence-electron chi connectivity index (χ2n) is 4.43. The molecule has 2 heteroatoms. The van der Waals surface area contributed by atoms with Crippen LogP contribution in [0.1, 0.15) is 22.3 Å². The highest BCUT2D eigenvalue weighted by molar-refractivity contribution is 5.36. The molecule has 0 atom stereocenters. The summed E-state index contributed by atoms with van der Waals surface area (Å²) in [6, 6.07) is 8.34. The number of hydrogen-bond donors (Lipinski definition) is 0. The highest BCUT2D eigenvalue weighted by Gasteiger charge is 2.01. The van der Waals surface area contributed by atoms with Crippen LogP contribution in [0, 0.1) is 20.8 Å². The first kappa shape index (κ1) is 11.6. The Morgan fingerprint density at radius 1 is 1.00 bits per heavy atom. The molecule has 0 bridgehead atoms. The van der Waals surface area contributed by atoms with Gasteiger partial charge in [-0.1, -0.05) is 12.1 Å². The van der Waals surface area contributed by atoms with Crippen molar-refractivity contribution in [2.24, 2.45) is 0 Å². The number of aryl methyl sites for hydroxylation is 3. The van der Waals surface area contributed by atoms with Gasteiger partial charge in [0.05, 0.1) is 0 Å². The highest BCUT2D eigenvalue weighted by atomic mass is 16.5. The first-order chi connectivity index (χ1) is 8.15. The van der Waals surface area contributed by atoms with Crippen LogP contribution in [0.3, 0.4) is 0 Å². The zero-order valence-electron chi connectivity index (χ0n) is 10.5. The van der Waals surface area contributed by atoms with Gasteiger partial charge in [0.25, 0.3) is 0 Å². The predicted octanol–water partition coefficient (Wildman–Crippen LogP) is 3.59. The largest absolute Gasteiger partial charge is 0.489 e. The Morgan fingerprint density at radius 3 is 2.59 bits per heavy atom. The second-order valence-corrected chi connectivity index (χ2v) is 4.43. The zero-order chi connectivity index (χ0) is 12.3. The topological polar surface area (TPSA) is 22.1 Å². The Hall–Kier alpha value is -1.83. The summed E-state index contributed by atoms with van der Waals surface area (Å²) in [5, 5.41) is 0. The van der Waals surface area contributed by atoms with E-state index >= 15 is 0 Å². The molecule has 0 aliphatic carbocycles. The fourth-order valence-corrected chi connectivity index (χ4v) is 1.72. The van der Waals surface area contributed by atoms with Crippen LogP contribution in [0.5, 0.6) is 5.75 Å². The first-order valence-electron chi connectivity index (χ1n) is 5.76. The van der Waals surface area contributed by atoms with E-state index in [2.05, 4.69) is 43.1 Å². The van der Waals surface area contributed by atoms with Gasteiger partial charge in [-0.15, -0.1) is 0 Å². The zero-order valence-corrected chi connectivity index (χ0v) is 10.5. The Labute approximate surface area is 102 Å². The number of nitrogens with zero attached hydrogens (tertiary/aromatic N) is 1. The van der Waals surface area contributed by atoms with Gasteiger partial charge in [0.1, 0.15) is 12.4 Å². The van der Waals surface area contributed by atoms with E-state index in [1.807, 2.05) is 19.3 Å². The summed E-state index contributed by atoms with van der Waals surface area (Å²) in [4.78, 5) is 4.16. The minimum absolute atomic E-state index is 0.568. The Balaban J connectivity index is 2.09. The van der Waals surface area contributed by atoms with Gasteiger partial charge in [-0.25, -0.2) is 0 Å². The van der Waals surface area contributed by atoms with Gasteiger partial charge >= 0.3 is 0 Å². The molecule has 88 valence electrons. The third-order valence-electron chi connectivity index (χ3n) is 2.67. The van der Waals surface area contributed by atoms with Crippen LogP contribution in [0.4, 0.5) is 0 Å². The molecule has 17 heavy (non-hydrogen) atoms. The third-order valence-corrected chi connectivity index (χ3v) is 2.67. The molecular formula is C15H17NO. The molecule has 0 radical (unpaired) electrons. The maximum atomic E-state index is 5.82. The molecule has 0 saturated carbocycles. The number of hydrogen-bond acceptors (Lipinski definition) is 2. The third kappa shape index (κ3) is 3.06. The summed E-state index contributed by atoms with van der Waals surface area (Å²) in [5.41, 5.74) is 4.64. The second kappa shape index (κ2) is 5.00. The fraction of sp³-hybridized carbons (Fsp3) is 0.267. The van der Waals surface area contributed by atoms with E-state index in [9.17, 15) is 0 Å². The van der Waals surface area contributed by atoms with Crippen molar-refractivity contribution in [3.8, 4) is 5.75 Å². The van der Waals surface area contributed by atoms with Crippen molar-refractivity contribution in [3.05, 3.63) is 58.9 Å². The van der Waals surface area contributed by atoms with Crippen molar-refractivity contribution in [1.82, 2.24) is 4.98 Å². The number of rotatable bonds is 3. The van der Waals surface area contributed by atoms with E-state index in [0.29, 0.717) is 6.61 Å². The SMILES string of the molecule is Cc1cncc(COc2cc(C)ccc2C)c1. The van der Waals surface area contributed by atoms with Gasteiger partial charge in [0.15, 0.2) is 0 Å². The number of pyridine rings is 1. The van der Waals surface area contributed by atoms with Crippen LogP contribution < -0.4 is 4.74 Å². The molecule has 2 rings (SSSR count). The van der Waals surface area contributed by atoms with Crippen molar-refractivity contribution >= 4 is 0 Å². The standard InChI is InChI=1S/C15H17NO/c1-11-4-5-13(3)15(7-11)17-10-14-6-12(2)8-16-9-14/h4-9H,10H2,1-3H3. The molecule has 1 aromatic heterocycles. The number of aromatic nitrogens is 1. The average Bonchev–Trinajstić information content (AvgIpc) is 2.30. The quantitative estimate of drug-likeness (QED) is 0.799. The van der Waals surface area contributed by atoms with E-state index < -0.39 is 0 Å². The molecule has 1 heterocycles. The Kier molecular flexibility index (Phi) is 3.43. The average molecular weight is 227 g/mol. The molecule has 2 nitrogen and oxygen atoms in total. The van der Waals surface area contributed by atoms with Crippen LogP contribution in [0.15, 0.2) is 36.7 Å². The van der Waals surface area contributed by atoms with E-state index in [4.69, 9.17) is 4.74 Å². The van der Waals surface area contributed by atoms with E-state index in [1.165, 1.54) is 5.56 Å². The molecular weight excluding hydrogens is 210 g/mol. The van der Waals surface area contributed by atoms with Gasteiger partial charge in [-0.2, -0.15) is 0 Å². The Bertz CT molecular complexity index is 520. The molecule has 0 aliphatic rings. The van der Waals surface area contributed by atoms with Gasteiger partial charge in [-0.05, 0) is 49.6 Å². The van der Waals surface area contributed by atoms with E-state index in [0.717, 1.165) is 22.4 Å². The van der Waals surface area contributed by atoms with Crippen LogP contribution in [-0.4, -0.2) is 4.98 Å². The molecule has 1 aromatic carbocycles. The van der Waals surface area contributed by atoms with Gasteiger partial charge in [-0.3, -0.25) is 4.98 Å². The fourth-order valence-electron chi connectivity index (χ4n) is 1.72. The molecule has 0 aliphatic heterocycles. The van der Waals surface area contributed by atoms with E-state index in [-0.39, 0.29) is 0 Å². The van der Waals surface area contributed by atoms with Crippen LogP contribution >= 0.6 is 0 Å². The number of ether oxygens (including phenoxy) is 1. The van der Waals surface area contributed by atoms with Crippen molar-refractivity contribution < 1.29 is 4.74 Å². The highest BCUT2D eigenvalue weighted by Crippen LogP contribution is 2.20. The lowest BCUT2D eigenvalue weighted by atomic mass is 10.1. The summed E-state index contributed by atoms with van der Waals surface area (Å²) in [6.07, 6.45) is 3.69. The predicted molar refractivity (Wildman–Crippen MR) is 69.2 cm³/mol. The van der Waals surface area contributed by atoms with Crippen molar-refractivity contribution in [3.63, 3.8) is 0 Å². The van der Waals surface area contributed by atoms with E-state index in [1.54, 1.807) is 0 Å². The minimum atomic E-state index is 0.568. The van der Waals surface area contributed by atoms with Crippen molar-refractivity contribution in [2.75, 3.05) is 0 Å². The van der Waals surface area contributed by atoms with Crippen LogP contribution in [0.2, 0.25) is 0 Å².